The van der Waals surface area contributed by atoms with Gasteiger partial charge in [0.15, 0.2) is 0 Å². The second-order valence-electron chi connectivity index (χ2n) is 8.34. The second-order valence-corrected chi connectivity index (χ2v) is 8.34. The number of rotatable bonds is 3. The van der Waals surface area contributed by atoms with Crippen LogP contribution in [-0.2, 0) is 6.54 Å². The molecule has 1 aliphatic heterocycles. The van der Waals surface area contributed by atoms with Crippen molar-refractivity contribution in [2.24, 2.45) is 11.8 Å². The Labute approximate surface area is 165 Å². The van der Waals surface area contributed by atoms with Gasteiger partial charge in [-0.15, -0.1) is 0 Å². The van der Waals surface area contributed by atoms with Gasteiger partial charge in [0.1, 0.15) is 11.3 Å². The summed E-state index contributed by atoms with van der Waals surface area (Å²) >= 11 is 0. The van der Waals surface area contributed by atoms with Crippen LogP contribution in [0.2, 0.25) is 0 Å². The summed E-state index contributed by atoms with van der Waals surface area (Å²) in [5.41, 5.74) is 3.18. The zero-order valence-electron chi connectivity index (χ0n) is 16.7. The van der Waals surface area contributed by atoms with E-state index in [1.807, 2.05) is 43.3 Å². The van der Waals surface area contributed by atoms with Crippen molar-refractivity contribution < 1.29 is 9.52 Å². The molecule has 0 amide bonds. The summed E-state index contributed by atoms with van der Waals surface area (Å²) < 4.78 is 5.79. The number of nitrogens with zero attached hydrogens (tertiary/aromatic N) is 1. The summed E-state index contributed by atoms with van der Waals surface area (Å²) in [6.07, 6.45) is 1.23. The molecule has 2 aromatic carbocycles. The first-order valence-electron chi connectivity index (χ1n) is 10.00. The zero-order valence-corrected chi connectivity index (χ0v) is 16.7. The van der Waals surface area contributed by atoms with Gasteiger partial charge in [0.25, 0.3) is 0 Å². The summed E-state index contributed by atoms with van der Waals surface area (Å²) in [6, 6.07) is 13.2. The normalized spacial score (nSPS) is 20.5. The van der Waals surface area contributed by atoms with Gasteiger partial charge in [-0.2, -0.15) is 0 Å². The Balaban J connectivity index is 1.82. The third kappa shape index (κ3) is 3.45. The highest BCUT2D eigenvalue weighted by Crippen LogP contribution is 2.34. The molecule has 0 radical (unpaired) electrons. The lowest BCUT2D eigenvalue weighted by molar-refractivity contribution is 0.133. The minimum Gasteiger partial charge on any atom is -0.507 e. The predicted octanol–water partition coefficient (Wildman–Crippen LogP) is 4.95. The van der Waals surface area contributed by atoms with Gasteiger partial charge in [-0.05, 0) is 48.4 Å². The van der Waals surface area contributed by atoms with Crippen LogP contribution < -0.4 is 5.63 Å². The van der Waals surface area contributed by atoms with Crippen molar-refractivity contribution in [1.82, 2.24) is 4.90 Å². The quantitative estimate of drug-likeness (QED) is 0.656. The number of benzene rings is 2. The van der Waals surface area contributed by atoms with Gasteiger partial charge in [-0.3, -0.25) is 4.90 Å². The molecular weight excluding hydrogens is 350 g/mol. The Kier molecular flexibility index (Phi) is 4.98. The van der Waals surface area contributed by atoms with Gasteiger partial charge in [0.2, 0.25) is 0 Å². The minimum absolute atomic E-state index is 0.188. The number of phenols is 1. The van der Waals surface area contributed by atoms with Crippen LogP contribution in [0.3, 0.4) is 0 Å². The maximum atomic E-state index is 12.9. The van der Waals surface area contributed by atoms with Crippen molar-refractivity contribution >= 4 is 11.0 Å². The molecule has 1 saturated heterocycles. The van der Waals surface area contributed by atoms with Crippen molar-refractivity contribution in [2.75, 3.05) is 13.1 Å². The molecule has 0 spiro atoms. The molecule has 1 aromatic heterocycles. The molecule has 146 valence electrons. The number of hydrogen-bond acceptors (Lipinski definition) is 4. The lowest BCUT2D eigenvalue weighted by Gasteiger charge is -2.35. The van der Waals surface area contributed by atoms with Crippen LogP contribution in [0.5, 0.6) is 5.75 Å². The van der Waals surface area contributed by atoms with E-state index in [0.29, 0.717) is 35.1 Å². The molecule has 1 aliphatic rings. The maximum absolute atomic E-state index is 12.9. The summed E-state index contributed by atoms with van der Waals surface area (Å²) in [5.74, 6) is 1.44. The van der Waals surface area contributed by atoms with Crippen molar-refractivity contribution in [1.29, 1.82) is 0 Å². The van der Waals surface area contributed by atoms with E-state index in [4.69, 9.17) is 4.42 Å². The van der Waals surface area contributed by atoms with Crippen LogP contribution in [0, 0.1) is 18.8 Å². The predicted molar refractivity (Wildman–Crippen MR) is 113 cm³/mol. The van der Waals surface area contributed by atoms with E-state index in [-0.39, 0.29) is 11.4 Å². The van der Waals surface area contributed by atoms with E-state index in [1.165, 1.54) is 6.42 Å². The molecule has 4 rings (SSSR count). The average Bonchev–Trinajstić information content (AvgIpc) is 2.64. The Hall–Kier alpha value is -2.59. The number of aromatic hydroxyl groups is 1. The molecular formula is C24H27NO3. The van der Waals surface area contributed by atoms with Crippen LogP contribution in [0.25, 0.3) is 22.1 Å². The fraction of sp³-hybridized carbons (Fsp3) is 0.375. The number of phenolic OH excluding ortho intramolecular Hbond substituents is 1. The van der Waals surface area contributed by atoms with Crippen LogP contribution >= 0.6 is 0 Å². The molecule has 2 atom stereocenters. The number of likely N-dealkylation sites (tertiary alicyclic amines) is 1. The number of piperidine rings is 1. The molecule has 1 fully saturated rings. The lowest BCUT2D eigenvalue weighted by Crippen LogP contribution is -2.38. The van der Waals surface area contributed by atoms with Gasteiger partial charge < -0.3 is 9.52 Å². The molecule has 2 unspecified atom stereocenters. The number of aryl methyl sites for hydroxylation is 1. The molecule has 0 aliphatic carbocycles. The molecule has 0 saturated carbocycles. The molecule has 3 aromatic rings. The molecule has 1 N–H and O–H groups in total. The zero-order chi connectivity index (χ0) is 19.8. The SMILES string of the molecule is Cc1c(-c2ccccc2)c(=O)oc2c(CN3CC(C)CC(C)C3)c(O)ccc12. The first-order valence-corrected chi connectivity index (χ1v) is 10.00. The summed E-state index contributed by atoms with van der Waals surface area (Å²) in [6.45, 7) is 9.05. The minimum atomic E-state index is -0.358. The molecule has 4 nitrogen and oxygen atoms in total. The average molecular weight is 377 g/mol. The third-order valence-electron chi connectivity index (χ3n) is 5.80. The highest BCUT2D eigenvalue weighted by atomic mass is 16.4. The Morgan fingerprint density at radius 1 is 1.07 bits per heavy atom. The maximum Gasteiger partial charge on any atom is 0.344 e. The standard InChI is InChI=1S/C24H27NO3/c1-15-11-16(2)13-25(12-15)14-20-21(26)10-9-19-17(3)22(24(27)28-23(19)20)18-7-5-4-6-8-18/h4-10,15-16,26H,11-14H2,1-3H3. The van der Waals surface area contributed by atoms with E-state index in [1.54, 1.807) is 6.07 Å². The van der Waals surface area contributed by atoms with Crippen LogP contribution in [-0.4, -0.2) is 23.1 Å². The van der Waals surface area contributed by atoms with Gasteiger partial charge in [0.05, 0.1) is 11.1 Å². The Morgan fingerprint density at radius 3 is 2.43 bits per heavy atom. The van der Waals surface area contributed by atoms with Gasteiger partial charge in [-0.1, -0.05) is 44.2 Å². The van der Waals surface area contributed by atoms with Crippen molar-refractivity contribution in [2.45, 2.75) is 33.7 Å². The monoisotopic (exact) mass is 377 g/mol. The van der Waals surface area contributed by atoms with Gasteiger partial charge in [-0.25, -0.2) is 4.79 Å². The van der Waals surface area contributed by atoms with Crippen molar-refractivity contribution in [3.63, 3.8) is 0 Å². The van der Waals surface area contributed by atoms with Crippen molar-refractivity contribution in [3.05, 3.63) is 64.0 Å². The molecule has 28 heavy (non-hydrogen) atoms. The highest BCUT2D eigenvalue weighted by Gasteiger charge is 2.24. The third-order valence-corrected chi connectivity index (χ3v) is 5.80. The topological polar surface area (TPSA) is 53.7 Å². The van der Waals surface area contributed by atoms with Crippen LogP contribution in [0.15, 0.2) is 51.7 Å². The fourth-order valence-corrected chi connectivity index (χ4v) is 4.70. The largest absolute Gasteiger partial charge is 0.507 e. The number of hydrogen-bond donors (Lipinski definition) is 1. The van der Waals surface area contributed by atoms with E-state index in [9.17, 15) is 9.90 Å². The van der Waals surface area contributed by atoms with Crippen molar-refractivity contribution in [3.8, 4) is 16.9 Å². The molecule has 2 heterocycles. The van der Waals surface area contributed by atoms with Gasteiger partial charge >= 0.3 is 5.63 Å². The van der Waals surface area contributed by atoms with E-state index in [2.05, 4.69) is 18.7 Å². The van der Waals surface area contributed by atoms with Crippen LogP contribution in [0.1, 0.15) is 31.4 Å². The van der Waals surface area contributed by atoms with E-state index >= 15 is 0 Å². The first kappa shape index (κ1) is 18.8. The van der Waals surface area contributed by atoms with Crippen LogP contribution in [0.4, 0.5) is 0 Å². The Morgan fingerprint density at radius 2 is 1.75 bits per heavy atom. The molecule has 0 bridgehead atoms. The van der Waals surface area contributed by atoms with E-state index in [0.717, 1.165) is 29.6 Å². The smallest absolute Gasteiger partial charge is 0.344 e. The Bertz CT molecular complexity index is 1040. The number of fused-ring (bicyclic) bond motifs is 1. The van der Waals surface area contributed by atoms with E-state index < -0.39 is 0 Å². The summed E-state index contributed by atoms with van der Waals surface area (Å²) in [4.78, 5) is 15.2. The lowest BCUT2D eigenvalue weighted by atomic mass is 9.91. The second kappa shape index (κ2) is 7.44. The summed E-state index contributed by atoms with van der Waals surface area (Å²) in [7, 11) is 0. The fourth-order valence-electron chi connectivity index (χ4n) is 4.70. The highest BCUT2D eigenvalue weighted by molar-refractivity contribution is 5.89. The molecule has 4 heteroatoms. The first-order chi connectivity index (χ1) is 13.4. The van der Waals surface area contributed by atoms with Gasteiger partial charge in [0, 0.05) is 25.0 Å². The summed E-state index contributed by atoms with van der Waals surface area (Å²) in [5, 5.41) is 11.4.